The van der Waals surface area contributed by atoms with Crippen LogP contribution in [0.2, 0.25) is 5.02 Å². The molecule has 0 spiro atoms. The Hall–Kier alpha value is -1.90. The lowest BCUT2D eigenvalue weighted by Gasteiger charge is -2.25. The van der Waals surface area contributed by atoms with Crippen molar-refractivity contribution < 1.29 is 13.2 Å². The Morgan fingerprint density at radius 3 is 2.78 bits per heavy atom. The summed E-state index contributed by atoms with van der Waals surface area (Å²) in [5, 5.41) is 4.59. The molecule has 0 unspecified atom stereocenters. The molecule has 7 nitrogen and oxygen atoms in total. The van der Waals surface area contributed by atoms with Gasteiger partial charge in [-0.1, -0.05) is 17.7 Å². The average molecular weight is 409 g/mol. The van der Waals surface area contributed by atoms with Crippen LogP contribution in [0.1, 0.15) is 18.4 Å². The Morgan fingerprint density at radius 1 is 1.22 bits per heavy atom. The first-order valence-electron chi connectivity index (χ1n) is 8.93. The van der Waals surface area contributed by atoms with Crippen molar-refractivity contribution in [2.45, 2.75) is 43.3 Å². The number of benzene rings is 1. The van der Waals surface area contributed by atoms with Crippen molar-refractivity contribution in [3.63, 3.8) is 0 Å². The van der Waals surface area contributed by atoms with Gasteiger partial charge in [0.05, 0.1) is 23.5 Å². The summed E-state index contributed by atoms with van der Waals surface area (Å²) in [6.07, 6.45) is 4.42. The van der Waals surface area contributed by atoms with Gasteiger partial charge < -0.3 is 4.90 Å². The molecule has 2 fully saturated rings. The lowest BCUT2D eigenvalue weighted by atomic mass is 10.1. The number of hydrogen-bond donors (Lipinski definition) is 0. The standard InChI is InChI=1S/C18H21ClN4O3S/c1-13-14(19)4-2-5-17(13)27(25,26)23-9-6-15-16(23)12-18(24)22(15)11-10-21-8-3-7-20-21/h2-5,7-8,15-16H,6,9-12H2,1H3/t15-,16-/m0/s1. The van der Waals surface area contributed by atoms with Crippen molar-refractivity contribution in [2.24, 2.45) is 0 Å². The van der Waals surface area contributed by atoms with E-state index in [1.807, 2.05) is 17.2 Å². The van der Waals surface area contributed by atoms with Crippen molar-refractivity contribution in [1.29, 1.82) is 0 Å². The molecule has 0 aliphatic carbocycles. The highest BCUT2D eigenvalue weighted by atomic mass is 35.5. The van der Waals surface area contributed by atoms with Crippen molar-refractivity contribution in [2.75, 3.05) is 13.1 Å². The molecule has 2 aliphatic rings. The SMILES string of the molecule is Cc1c(Cl)cccc1S(=O)(=O)N1CC[C@H]2[C@@H]1CC(=O)N2CCn1cccn1. The minimum atomic E-state index is -3.70. The molecule has 4 rings (SSSR count). The fourth-order valence-electron chi connectivity index (χ4n) is 4.12. The third kappa shape index (κ3) is 3.15. The van der Waals surface area contributed by atoms with Gasteiger partial charge in [0.15, 0.2) is 0 Å². The molecule has 2 saturated heterocycles. The molecule has 2 aromatic rings. The zero-order valence-corrected chi connectivity index (χ0v) is 16.5. The van der Waals surface area contributed by atoms with E-state index in [9.17, 15) is 13.2 Å². The fourth-order valence-corrected chi connectivity index (χ4v) is 6.27. The van der Waals surface area contributed by atoms with Crippen LogP contribution < -0.4 is 0 Å². The van der Waals surface area contributed by atoms with Gasteiger partial charge in [0.1, 0.15) is 0 Å². The molecule has 1 aromatic carbocycles. The first-order chi connectivity index (χ1) is 12.9. The van der Waals surface area contributed by atoms with E-state index in [1.54, 1.807) is 36.0 Å². The summed E-state index contributed by atoms with van der Waals surface area (Å²) in [4.78, 5) is 14.6. The number of nitrogens with zero attached hydrogens (tertiary/aromatic N) is 4. The van der Waals surface area contributed by atoms with Crippen molar-refractivity contribution >= 4 is 27.5 Å². The molecule has 9 heteroatoms. The number of halogens is 1. The summed E-state index contributed by atoms with van der Waals surface area (Å²) < 4.78 is 29.7. The van der Waals surface area contributed by atoms with Crippen LogP contribution in [0, 0.1) is 6.92 Å². The summed E-state index contributed by atoms with van der Waals surface area (Å²) in [5.41, 5.74) is 0.544. The van der Waals surface area contributed by atoms with Gasteiger partial charge in [-0.3, -0.25) is 9.48 Å². The predicted molar refractivity (Wildman–Crippen MR) is 101 cm³/mol. The van der Waals surface area contributed by atoms with Crippen LogP contribution in [0.15, 0.2) is 41.6 Å². The quantitative estimate of drug-likeness (QED) is 0.757. The second-order valence-corrected chi connectivity index (χ2v) is 9.23. The van der Waals surface area contributed by atoms with Crippen molar-refractivity contribution in [3.8, 4) is 0 Å². The van der Waals surface area contributed by atoms with Gasteiger partial charge in [0.25, 0.3) is 0 Å². The number of hydrogen-bond acceptors (Lipinski definition) is 4. The number of fused-ring (bicyclic) bond motifs is 1. The van der Waals surface area contributed by atoms with Crippen LogP contribution in [-0.4, -0.2) is 58.5 Å². The lowest BCUT2D eigenvalue weighted by molar-refractivity contribution is -0.129. The Labute approximate surface area is 163 Å². The molecule has 144 valence electrons. The number of carbonyl (C=O) groups excluding carboxylic acids is 1. The van der Waals surface area contributed by atoms with E-state index in [1.165, 1.54) is 4.31 Å². The molecular weight excluding hydrogens is 388 g/mol. The first-order valence-corrected chi connectivity index (χ1v) is 10.8. The summed E-state index contributed by atoms with van der Waals surface area (Å²) >= 11 is 6.12. The third-order valence-electron chi connectivity index (χ3n) is 5.50. The van der Waals surface area contributed by atoms with Crippen LogP contribution >= 0.6 is 11.6 Å². The van der Waals surface area contributed by atoms with E-state index in [-0.39, 0.29) is 29.3 Å². The molecular formula is C18H21ClN4O3S. The Balaban J connectivity index is 1.55. The molecule has 1 amide bonds. The molecule has 0 bridgehead atoms. The van der Waals surface area contributed by atoms with Gasteiger partial charge in [-0.15, -0.1) is 0 Å². The maximum absolute atomic E-state index is 13.2. The molecule has 1 aromatic heterocycles. The molecule has 2 atom stereocenters. The van der Waals surface area contributed by atoms with Crippen LogP contribution in [0.5, 0.6) is 0 Å². The fraction of sp³-hybridized carbons (Fsp3) is 0.444. The average Bonchev–Trinajstić information content (AvgIpc) is 3.33. The second kappa shape index (κ2) is 6.92. The minimum Gasteiger partial charge on any atom is -0.336 e. The topological polar surface area (TPSA) is 75.5 Å². The lowest BCUT2D eigenvalue weighted by Crippen LogP contribution is -2.40. The maximum atomic E-state index is 13.2. The number of carbonyl (C=O) groups is 1. The van der Waals surface area contributed by atoms with Gasteiger partial charge in [-0.25, -0.2) is 8.42 Å². The highest BCUT2D eigenvalue weighted by molar-refractivity contribution is 7.89. The second-order valence-electron chi connectivity index (χ2n) is 6.96. The van der Waals surface area contributed by atoms with Crippen LogP contribution in [-0.2, 0) is 21.4 Å². The highest BCUT2D eigenvalue weighted by Gasteiger charge is 2.50. The van der Waals surface area contributed by atoms with Crippen LogP contribution in [0.25, 0.3) is 0 Å². The number of rotatable bonds is 5. The van der Waals surface area contributed by atoms with Gasteiger partial charge in [0, 0.05) is 36.9 Å². The minimum absolute atomic E-state index is 0.000118. The third-order valence-corrected chi connectivity index (χ3v) is 7.98. The van der Waals surface area contributed by atoms with E-state index in [0.717, 1.165) is 0 Å². The van der Waals surface area contributed by atoms with Gasteiger partial charge in [0.2, 0.25) is 15.9 Å². The Morgan fingerprint density at radius 2 is 2.04 bits per heavy atom. The first kappa shape index (κ1) is 18.5. The smallest absolute Gasteiger partial charge is 0.243 e. The largest absolute Gasteiger partial charge is 0.336 e. The number of aromatic nitrogens is 2. The summed E-state index contributed by atoms with van der Waals surface area (Å²) in [6, 6.07) is 6.34. The van der Waals surface area contributed by atoms with E-state index >= 15 is 0 Å². The van der Waals surface area contributed by atoms with Crippen molar-refractivity contribution in [3.05, 3.63) is 47.2 Å². The van der Waals surface area contributed by atoms with E-state index < -0.39 is 10.0 Å². The van der Waals surface area contributed by atoms with Crippen molar-refractivity contribution in [1.82, 2.24) is 19.0 Å². The molecule has 0 N–H and O–H groups in total. The molecule has 0 saturated carbocycles. The molecule has 27 heavy (non-hydrogen) atoms. The van der Waals surface area contributed by atoms with Gasteiger partial charge in [-0.05, 0) is 37.1 Å². The van der Waals surface area contributed by atoms with Crippen LogP contribution in [0.4, 0.5) is 0 Å². The zero-order chi connectivity index (χ0) is 19.2. The van der Waals surface area contributed by atoms with Gasteiger partial charge >= 0.3 is 0 Å². The molecule has 2 aliphatic heterocycles. The molecule has 3 heterocycles. The Bertz CT molecular complexity index is 961. The zero-order valence-electron chi connectivity index (χ0n) is 15.0. The number of likely N-dealkylation sites (tertiary alicyclic amines) is 1. The summed E-state index contributed by atoms with van der Waals surface area (Å²) in [7, 11) is -3.70. The maximum Gasteiger partial charge on any atom is 0.243 e. The van der Waals surface area contributed by atoms with Crippen LogP contribution in [0.3, 0.4) is 0 Å². The van der Waals surface area contributed by atoms with E-state index in [2.05, 4.69) is 5.10 Å². The van der Waals surface area contributed by atoms with E-state index in [4.69, 9.17) is 11.6 Å². The van der Waals surface area contributed by atoms with E-state index in [0.29, 0.717) is 36.6 Å². The normalized spacial score (nSPS) is 23.2. The number of amides is 1. The summed E-state index contributed by atoms with van der Waals surface area (Å²) in [6.45, 7) is 3.25. The summed E-state index contributed by atoms with van der Waals surface area (Å²) in [5.74, 6) is -0.000118. The Kier molecular flexibility index (Phi) is 4.73. The monoisotopic (exact) mass is 408 g/mol. The molecule has 0 radical (unpaired) electrons. The number of sulfonamides is 1. The highest BCUT2D eigenvalue weighted by Crippen LogP contribution is 2.37. The predicted octanol–water partition coefficient (Wildman–Crippen LogP) is 1.91. The van der Waals surface area contributed by atoms with Gasteiger partial charge in [-0.2, -0.15) is 9.40 Å².